The van der Waals surface area contributed by atoms with Crippen LogP contribution in [0.2, 0.25) is 0 Å². The molecule has 0 spiro atoms. The Labute approximate surface area is 106 Å². The molecule has 0 saturated heterocycles. The molecule has 2 nitrogen and oxygen atoms in total. The number of alkyl halides is 1. The maximum absolute atomic E-state index is 13.0. The van der Waals surface area contributed by atoms with Crippen molar-refractivity contribution >= 4 is 17.5 Å². The zero-order valence-electron chi connectivity index (χ0n) is 10.1. The second kappa shape index (κ2) is 6.60. The summed E-state index contributed by atoms with van der Waals surface area (Å²) in [5.74, 6) is 0.277. The van der Waals surface area contributed by atoms with Gasteiger partial charge in [-0.15, -0.1) is 11.6 Å². The SMILES string of the molecule is Cc1ccc(F)cc1C(=O)NCC(C)CCCl. The molecule has 1 rings (SSSR count). The molecule has 1 N–H and O–H groups in total. The van der Waals surface area contributed by atoms with Crippen LogP contribution < -0.4 is 5.32 Å². The molecular weight excluding hydrogens is 241 g/mol. The fourth-order valence-electron chi connectivity index (χ4n) is 1.49. The summed E-state index contributed by atoms with van der Waals surface area (Å²) in [5, 5.41) is 2.79. The first-order valence-corrected chi connectivity index (χ1v) is 6.18. The minimum atomic E-state index is -0.394. The number of benzene rings is 1. The molecule has 1 unspecified atom stereocenters. The zero-order valence-corrected chi connectivity index (χ0v) is 10.9. The minimum Gasteiger partial charge on any atom is -0.352 e. The van der Waals surface area contributed by atoms with E-state index in [2.05, 4.69) is 5.32 Å². The molecule has 0 fully saturated rings. The van der Waals surface area contributed by atoms with E-state index in [1.165, 1.54) is 12.1 Å². The largest absolute Gasteiger partial charge is 0.352 e. The lowest BCUT2D eigenvalue weighted by Crippen LogP contribution is -2.29. The Balaban J connectivity index is 2.61. The van der Waals surface area contributed by atoms with Crippen LogP contribution in [-0.2, 0) is 0 Å². The number of amides is 1. The number of halogens is 2. The minimum absolute atomic E-state index is 0.233. The van der Waals surface area contributed by atoms with E-state index in [-0.39, 0.29) is 5.91 Å². The molecule has 1 aromatic rings. The third-order valence-electron chi connectivity index (χ3n) is 2.66. The highest BCUT2D eigenvalue weighted by molar-refractivity contribution is 6.17. The average molecular weight is 258 g/mol. The molecule has 0 aliphatic carbocycles. The van der Waals surface area contributed by atoms with Gasteiger partial charge in [-0.05, 0) is 37.0 Å². The molecule has 0 aliphatic heterocycles. The first kappa shape index (κ1) is 14.0. The fraction of sp³-hybridized carbons (Fsp3) is 0.462. The number of hydrogen-bond donors (Lipinski definition) is 1. The number of nitrogens with one attached hydrogen (secondary N) is 1. The lowest BCUT2D eigenvalue weighted by Gasteiger charge is -2.12. The van der Waals surface area contributed by atoms with Crippen molar-refractivity contribution in [2.45, 2.75) is 20.3 Å². The van der Waals surface area contributed by atoms with Crippen LogP contribution in [0.5, 0.6) is 0 Å². The van der Waals surface area contributed by atoms with Crippen LogP contribution in [0.4, 0.5) is 4.39 Å². The van der Waals surface area contributed by atoms with Gasteiger partial charge in [-0.3, -0.25) is 4.79 Å². The smallest absolute Gasteiger partial charge is 0.251 e. The molecule has 94 valence electrons. The van der Waals surface area contributed by atoms with Crippen LogP contribution in [0.15, 0.2) is 18.2 Å². The van der Waals surface area contributed by atoms with Crippen molar-refractivity contribution in [3.05, 3.63) is 35.1 Å². The lowest BCUT2D eigenvalue weighted by atomic mass is 10.1. The van der Waals surface area contributed by atoms with E-state index in [0.717, 1.165) is 12.0 Å². The maximum atomic E-state index is 13.0. The second-order valence-corrected chi connectivity index (χ2v) is 4.63. The number of aryl methyl sites for hydroxylation is 1. The van der Waals surface area contributed by atoms with Crippen LogP contribution in [0, 0.1) is 18.7 Å². The highest BCUT2D eigenvalue weighted by Gasteiger charge is 2.11. The molecular formula is C13H17ClFNO. The standard InChI is InChI=1S/C13H17ClFNO/c1-9(5-6-14)8-16-13(17)12-7-11(15)4-3-10(12)2/h3-4,7,9H,5-6,8H2,1-2H3,(H,16,17). The van der Waals surface area contributed by atoms with Gasteiger partial charge in [0, 0.05) is 18.0 Å². The third kappa shape index (κ3) is 4.35. The molecule has 0 heterocycles. The summed E-state index contributed by atoms with van der Waals surface area (Å²) in [6, 6.07) is 4.21. The summed E-state index contributed by atoms with van der Waals surface area (Å²) >= 11 is 5.61. The van der Waals surface area contributed by atoms with Crippen molar-refractivity contribution in [2.75, 3.05) is 12.4 Å². The van der Waals surface area contributed by atoms with Crippen LogP contribution in [-0.4, -0.2) is 18.3 Å². The maximum Gasteiger partial charge on any atom is 0.251 e. The predicted molar refractivity (Wildman–Crippen MR) is 68.0 cm³/mol. The number of rotatable bonds is 5. The first-order valence-electron chi connectivity index (χ1n) is 5.65. The quantitative estimate of drug-likeness (QED) is 0.807. The van der Waals surface area contributed by atoms with Crippen molar-refractivity contribution in [2.24, 2.45) is 5.92 Å². The molecule has 1 aromatic carbocycles. The summed E-state index contributed by atoms with van der Waals surface area (Å²) < 4.78 is 13.0. The molecule has 1 amide bonds. The molecule has 4 heteroatoms. The molecule has 17 heavy (non-hydrogen) atoms. The van der Waals surface area contributed by atoms with E-state index in [1.54, 1.807) is 13.0 Å². The summed E-state index contributed by atoms with van der Waals surface area (Å²) in [5.41, 5.74) is 1.16. The van der Waals surface area contributed by atoms with Gasteiger partial charge in [-0.25, -0.2) is 4.39 Å². The van der Waals surface area contributed by atoms with Crippen molar-refractivity contribution in [1.82, 2.24) is 5.32 Å². The van der Waals surface area contributed by atoms with Gasteiger partial charge >= 0.3 is 0 Å². The molecule has 1 atom stereocenters. The average Bonchev–Trinajstić information content (AvgIpc) is 2.29. The third-order valence-corrected chi connectivity index (χ3v) is 2.88. The number of carbonyl (C=O) groups excluding carboxylic acids is 1. The van der Waals surface area contributed by atoms with Crippen molar-refractivity contribution in [3.63, 3.8) is 0 Å². The lowest BCUT2D eigenvalue weighted by molar-refractivity contribution is 0.0947. The van der Waals surface area contributed by atoms with Gasteiger partial charge in [0.05, 0.1) is 0 Å². The molecule has 0 aliphatic rings. The van der Waals surface area contributed by atoms with Gasteiger partial charge in [0.1, 0.15) is 5.82 Å². The van der Waals surface area contributed by atoms with Gasteiger partial charge in [0.2, 0.25) is 0 Å². The topological polar surface area (TPSA) is 29.1 Å². The van der Waals surface area contributed by atoms with Crippen LogP contribution in [0.1, 0.15) is 29.3 Å². The molecule has 0 bridgehead atoms. The normalized spacial score (nSPS) is 12.2. The van der Waals surface area contributed by atoms with E-state index >= 15 is 0 Å². The summed E-state index contributed by atoms with van der Waals surface area (Å²) in [4.78, 5) is 11.8. The van der Waals surface area contributed by atoms with E-state index in [0.29, 0.717) is 23.9 Å². The zero-order chi connectivity index (χ0) is 12.8. The summed E-state index contributed by atoms with van der Waals surface area (Å²) in [6.45, 7) is 4.36. The van der Waals surface area contributed by atoms with Gasteiger partial charge in [0.15, 0.2) is 0 Å². The first-order chi connectivity index (χ1) is 8.04. The Morgan fingerprint density at radius 3 is 2.88 bits per heavy atom. The Hall–Kier alpha value is -1.09. The van der Waals surface area contributed by atoms with Crippen LogP contribution in [0.3, 0.4) is 0 Å². The van der Waals surface area contributed by atoms with E-state index in [9.17, 15) is 9.18 Å². The van der Waals surface area contributed by atoms with E-state index < -0.39 is 5.82 Å². The molecule has 0 saturated carbocycles. The van der Waals surface area contributed by atoms with Crippen LogP contribution >= 0.6 is 11.6 Å². The Morgan fingerprint density at radius 2 is 2.24 bits per heavy atom. The Bertz CT molecular complexity index is 395. The van der Waals surface area contributed by atoms with Crippen molar-refractivity contribution in [3.8, 4) is 0 Å². The molecule has 0 radical (unpaired) electrons. The van der Waals surface area contributed by atoms with Gasteiger partial charge in [-0.2, -0.15) is 0 Å². The Morgan fingerprint density at radius 1 is 1.53 bits per heavy atom. The second-order valence-electron chi connectivity index (χ2n) is 4.25. The highest BCUT2D eigenvalue weighted by atomic mass is 35.5. The highest BCUT2D eigenvalue weighted by Crippen LogP contribution is 2.10. The Kier molecular flexibility index (Phi) is 5.42. The van der Waals surface area contributed by atoms with E-state index in [4.69, 9.17) is 11.6 Å². The monoisotopic (exact) mass is 257 g/mol. The van der Waals surface area contributed by atoms with Crippen molar-refractivity contribution in [1.29, 1.82) is 0 Å². The van der Waals surface area contributed by atoms with Gasteiger partial charge in [-0.1, -0.05) is 13.0 Å². The number of carbonyl (C=O) groups is 1. The van der Waals surface area contributed by atoms with Crippen LogP contribution in [0.25, 0.3) is 0 Å². The van der Waals surface area contributed by atoms with Crippen molar-refractivity contribution < 1.29 is 9.18 Å². The summed E-state index contributed by atoms with van der Waals surface area (Å²) in [7, 11) is 0. The summed E-state index contributed by atoms with van der Waals surface area (Å²) in [6.07, 6.45) is 0.851. The number of hydrogen-bond acceptors (Lipinski definition) is 1. The van der Waals surface area contributed by atoms with Gasteiger partial charge in [0.25, 0.3) is 5.91 Å². The fourth-order valence-corrected chi connectivity index (χ4v) is 1.86. The predicted octanol–water partition coefficient (Wildman–Crippen LogP) is 3.13. The molecule has 0 aromatic heterocycles. The van der Waals surface area contributed by atoms with Gasteiger partial charge < -0.3 is 5.32 Å². The van der Waals surface area contributed by atoms with E-state index in [1.807, 2.05) is 6.92 Å².